The van der Waals surface area contributed by atoms with Gasteiger partial charge in [-0.15, -0.1) is 0 Å². The van der Waals surface area contributed by atoms with Crippen molar-refractivity contribution in [2.24, 2.45) is 0 Å². The number of imide groups is 1. The van der Waals surface area contributed by atoms with Gasteiger partial charge in [-0.3, -0.25) is 4.79 Å². The standard InChI is InChI=1S/C13H13F3N2O3/c1-7(4-11(15)16)21-13(20)18-10-5-8(14)2-3-9(10)17-6-12(18)19/h2-3,5,7,11,17H,4,6H2,1H3. The Kier molecular flexibility index (Phi) is 4.35. The highest BCUT2D eigenvalue weighted by Crippen LogP contribution is 2.31. The molecular weight excluding hydrogens is 289 g/mol. The third-order valence-corrected chi connectivity index (χ3v) is 2.87. The molecule has 5 nitrogen and oxygen atoms in total. The molecule has 0 aromatic heterocycles. The van der Waals surface area contributed by atoms with Crippen LogP contribution in [0.25, 0.3) is 0 Å². The quantitative estimate of drug-likeness (QED) is 0.932. The van der Waals surface area contributed by atoms with E-state index in [9.17, 15) is 22.8 Å². The molecule has 1 atom stereocenters. The first-order valence-electron chi connectivity index (χ1n) is 6.23. The van der Waals surface area contributed by atoms with Gasteiger partial charge < -0.3 is 10.1 Å². The molecule has 21 heavy (non-hydrogen) atoms. The Morgan fingerprint density at radius 2 is 2.19 bits per heavy atom. The van der Waals surface area contributed by atoms with Gasteiger partial charge in [0, 0.05) is 12.5 Å². The lowest BCUT2D eigenvalue weighted by Crippen LogP contribution is -2.45. The minimum absolute atomic E-state index is 0.000460. The van der Waals surface area contributed by atoms with Crippen molar-refractivity contribution in [1.29, 1.82) is 0 Å². The van der Waals surface area contributed by atoms with Crippen LogP contribution in [0.5, 0.6) is 0 Å². The SMILES string of the molecule is CC(CC(F)F)OC(=O)N1C(=O)CNc2ccc(F)cc21. The number of amides is 2. The lowest BCUT2D eigenvalue weighted by Gasteiger charge is -2.28. The lowest BCUT2D eigenvalue weighted by molar-refractivity contribution is -0.116. The summed E-state index contributed by atoms with van der Waals surface area (Å²) in [6.07, 6.45) is -5.42. The molecule has 8 heteroatoms. The number of carbonyl (C=O) groups is 2. The molecule has 1 heterocycles. The first-order valence-corrected chi connectivity index (χ1v) is 6.23. The molecule has 114 valence electrons. The molecule has 2 amide bonds. The van der Waals surface area contributed by atoms with E-state index in [1.165, 1.54) is 19.1 Å². The van der Waals surface area contributed by atoms with E-state index in [2.05, 4.69) is 5.32 Å². The van der Waals surface area contributed by atoms with Crippen LogP contribution < -0.4 is 10.2 Å². The molecule has 1 aliphatic rings. The molecule has 0 saturated carbocycles. The van der Waals surface area contributed by atoms with Crippen LogP contribution in [0.4, 0.5) is 29.3 Å². The fourth-order valence-corrected chi connectivity index (χ4v) is 1.95. The van der Waals surface area contributed by atoms with Crippen molar-refractivity contribution in [2.45, 2.75) is 25.9 Å². The summed E-state index contributed by atoms with van der Waals surface area (Å²) in [4.78, 5) is 24.4. The normalized spacial score (nSPS) is 15.5. The van der Waals surface area contributed by atoms with Gasteiger partial charge in [0.1, 0.15) is 11.9 Å². The maximum absolute atomic E-state index is 13.3. The van der Waals surface area contributed by atoms with Crippen LogP contribution in [0.1, 0.15) is 13.3 Å². The minimum atomic E-state index is -2.63. The second-order valence-corrected chi connectivity index (χ2v) is 4.57. The smallest absolute Gasteiger partial charge is 0.421 e. The molecule has 1 aromatic carbocycles. The molecule has 1 N–H and O–H groups in total. The van der Waals surface area contributed by atoms with Crippen LogP contribution in [-0.4, -0.2) is 31.1 Å². The second-order valence-electron chi connectivity index (χ2n) is 4.57. The highest BCUT2D eigenvalue weighted by Gasteiger charge is 2.32. The summed E-state index contributed by atoms with van der Waals surface area (Å²) >= 11 is 0. The van der Waals surface area contributed by atoms with Gasteiger partial charge in [-0.2, -0.15) is 0 Å². The van der Waals surface area contributed by atoms with Crippen molar-refractivity contribution >= 4 is 23.4 Å². The molecule has 0 radical (unpaired) electrons. The second kappa shape index (κ2) is 6.02. The topological polar surface area (TPSA) is 58.6 Å². The first-order chi connectivity index (χ1) is 9.88. The van der Waals surface area contributed by atoms with Crippen molar-refractivity contribution in [3.8, 4) is 0 Å². The molecule has 1 unspecified atom stereocenters. The molecule has 0 fully saturated rings. The van der Waals surface area contributed by atoms with E-state index in [0.717, 1.165) is 6.07 Å². The van der Waals surface area contributed by atoms with Gasteiger partial charge in [0.05, 0.1) is 17.9 Å². The Morgan fingerprint density at radius 1 is 1.48 bits per heavy atom. The molecule has 0 aliphatic carbocycles. The maximum Gasteiger partial charge on any atom is 0.421 e. The summed E-state index contributed by atoms with van der Waals surface area (Å²) in [6.45, 7) is 1.13. The highest BCUT2D eigenvalue weighted by atomic mass is 19.3. The van der Waals surface area contributed by atoms with E-state index < -0.39 is 36.8 Å². The zero-order valence-electron chi connectivity index (χ0n) is 11.1. The number of benzene rings is 1. The van der Waals surface area contributed by atoms with Crippen molar-refractivity contribution < 1.29 is 27.5 Å². The first kappa shape index (κ1) is 15.1. The van der Waals surface area contributed by atoms with Crippen LogP contribution in [-0.2, 0) is 9.53 Å². The molecule has 0 bridgehead atoms. The van der Waals surface area contributed by atoms with Crippen LogP contribution in [0.15, 0.2) is 18.2 Å². The highest BCUT2D eigenvalue weighted by molar-refractivity contribution is 6.17. The molecule has 0 saturated heterocycles. The maximum atomic E-state index is 13.3. The third-order valence-electron chi connectivity index (χ3n) is 2.87. The molecule has 2 rings (SSSR count). The number of nitrogens with one attached hydrogen (secondary N) is 1. The van der Waals surface area contributed by atoms with Crippen LogP contribution in [0, 0.1) is 5.82 Å². The van der Waals surface area contributed by atoms with Gasteiger partial charge in [-0.25, -0.2) is 22.9 Å². The Morgan fingerprint density at radius 3 is 2.86 bits per heavy atom. The van der Waals surface area contributed by atoms with Crippen molar-refractivity contribution in [3.63, 3.8) is 0 Å². The number of halogens is 3. The number of carbonyl (C=O) groups excluding carboxylic acids is 2. The fourth-order valence-electron chi connectivity index (χ4n) is 1.95. The van der Waals surface area contributed by atoms with Crippen LogP contribution in [0.2, 0.25) is 0 Å². The van der Waals surface area contributed by atoms with E-state index in [-0.39, 0.29) is 12.2 Å². The number of hydrogen-bond acceptors (Lipinski definition) is 4. The zero-order valence-corrected chi connectivity index (χ0v) is 11.1. The lowest BCUT2D eigenvalue weighted by atomic mass is 10.2. The summed E-state index contributed by atoms with van der Waals surface area (Å²) in [5.41, 5.74) is 0.384. The Balaban J connectivity index is 2.20. The van der Waals surface area contributed by atoms with Gasteiger partial charge >= 0.3 is 6.09 Å². The zero-order chi connectivity index (χ0) is 15.6. The van der Waals surface area contributed by atoms with Gasteiger partial charge in [0.2, 0.25) is 6.43 Å². The summed E-state index contributed by atoms with van der Waals surface area (Å²) in [7, 11) is 0. The van der Waals surface area contributed by atoms with E-state index >= 15 is 0 Å². The number of rotatable bonds is 3. The number of anilines is 2. The Hall–Kier alpha value is -2.25. The fraction of sp³-hybridized carbons (Fsp3) is 0.385. The molecule has 1 aromatic rings. The van der Waals surface area contributed by atoms with E-state index in [0.29, 0.717) is 10.6 Å². The van der Waals surface area contributed by atoms with Crippen molar-refractivity contribution in [1.82, 2.24) is 0 Å². The van der Waals surface area contributed by atoms with Gasteiger partial charge in [-0.1, -0.05) is 0 Å². The average Bonchev–Trinajstić information content (AvgIpc) is 2.36. The molecular formula is C13H13F3N2O3. The molecule has 0 spiro atoms. The summed E-state index contributed by atoms with van der Waals surface area (Å²) in [6, 6.07) is 3.54. The number of fused-ring (bicyclic) bond motifs is 1. The van der Waals surface area contributed by atoms with Gasteiger partial charge in [0.15, 0.2) is 0 Å². The molecule has 1 aliphatic heterocycles. The predicted octanol–water partition coefficient (Wildman–Crippen LogP) is 2.76. The van der Waals surface area contributed by atoms with Crippen molar-refractivity contribution in [3.05, 3.63) is 24.0 Å². The largest absolute Gasteiger partial charge is 0.446 e. The number of nitrogens with zero attached hydrogens (tertiary/aromatic N) is 1. The monoisotopic (exact) mass is 302 g/mol. The van der Waals surface area contributed by atoms with Gasteiger partial charge in [-0.05, 0) is 19.1 Å². The predicted molar refractivity (Wildman–Crippen MR) is 68.9 cm³/mol. The van der Waals surface area contributed by atoms with Crippen LogP contribution >= 0.6 is 0 Å². The number of hydrogen-bond donors (Lipinski definition) is 1. The van der Waals surface area contributed by atoms with E-state index in [1.807, 2.05) is 0 Å². The Labute approximate surface area is 118 Å². The Bertz CT molecular complexity index is 566. The third kappa shape index (κ3) is 3.45. The average molecular weight is 302 g/mol. The van der Waals surface area contributed by atoms with Crippen molar-refractivity contribution in [2.75, 3.05) is 16.8 Å². The van der Waals surface area contributed by atoms with Gasteiger partial charge in [0.25, 0.3) is 5.91 Å². The number of alkyl halides is 2. The van der Waals surface area contributed by atoms with E-state index in [1.54, 1.807) is 0 Å². The summed E-state index contributed by atoms with van der Waals surface area (Å²) < 4.78 is 42.5. The minimum Gasteiger partial charge on any atom is -0.446 e. The number of ether oxygens (including phenoxy) is 1. The van der Waals surface area contributed by atoms with E-state index in [4.69, 9.17) is 4.74 Å². The van der Waals surface area contributed by atoms with Crippen LogP contribution in [0.3, 0.4) is 0 Å². The summed E-state index contributed by atoms with van der Waals surface area (Å²) in [5, 5.41) is 2.72. The summed E-state index contributed by atoms with van der Waals surface area (Å²) in [5.74, 6) is -1.29.